The van der Waals surface area contributed by atoms with E-state index in [9.17, 15) is 30.7 Å². The molecule has 0 spiro atoms. The molecule has 44 heavy (non-hydrogen) atoms. The van der Waals surface area contributed by atoms with Crippen LogP contribution in [0.3, 0.4) is 0 Å². The molecule has 3 aromatic rings. The highest BCUT2D eigenvalue weighted by Gasteiger charge is 2.44. The summed E-state index contributed by atoms with van der Waals surface area (Å²) in [5, 5.41) is 0. The van der Waals surface area contributed by atoms with E-state index in [0.29, 0.717) is 23.6 Å². The Hall–Kier alpha value is -4.28. The first kappa shape index (κ1) is 31.2. The molecule has 0 radical (unpaired) electrons. The van der Waals surface area contributed by atoms with Crippen LogP contribution < -0.4 is 4.74 Å². The van der Waals surface area contributed by atoms with Crippen molar-refractivity contribution in [3.05, 3.63) is 118 Å². The highest BCUT2D eigenvalue weighted by Crippen LogP contribution is 2.47. The Balaban J connectivity index is 1.39. The van der Waals surface area contributed by atoms with Crippen LogP contribution in [-0.4, -0.2) is 11.8 Å². The summed E-state index contributed by atoms with van der Waals surface area (Å²) in [6.45, 7) is 3.91. The molecule has 1 saturated carbocycles. The maximum atomic E-state index is 15.3. The van der Waals surface area contributed by atoms with Crippen LogP contribution in [0.5, 0.6) is 5.75 Å². The molecule has 2 atom stereocenters. The molecule has 230 valence electrons. The lowest BCUT2D eigenvalue weighted by atomic mass is 9.87. The zero-order valence-electron chi connectivity index (χ0n) is 23.1. The third kappa shape index (κ3) is 5.67. The number of aliphatic imine (C=N–C) groups is 1. The average Bonchev–Trinajstić information content (AvgIpc) is 3.57. The number of ether oxygens (including phenoxy) is 1. The van der Waals surface area contributed by atoms with Gasteiger partial charge in [0.2, 0.25) is 0 Å². The zero-order valence-corrected chi connectivity index (χ0v) is 23.1. The van der Waals surface area contributed by atoms with E-state index in [4.69, 9.17) is 0 Å². The summed E-state index contributed by atoms with van der Waals surface area (Å²) in [4.78, 5) is 4.57. The Bertz CT molecular complexity index is 1700. The van der Waals surface area contributed by atoms with Crippen LogP contribution >= 0.6 is 0 Å². The third-order valence-electron chi connectivity index (χ3n) is 7.94. The van der Waals surface area contributed by atoms with E-state index in [-0.39, 0.29) is 23.3 Å². The van der Waals surface area contributed by atoms with Gasteiger partial charge in [-0.2, -0.15) is 8.78 Å². The molecule has 2 aliphatic rings. The molecular weight excluding hydrogens is 597 g/mol. The van der Waals surface area contributed by atoms with Gasteiger partial charge in [0.15, 0.2) is 0 Å². The topological polar surface area (TPSA) is 21.6 Å². The fourth-order valence-electron chi connectivity index (χ4n) is 5.65. The molecule has 3 aromatic carbocycles. The number of hydrogen-bond donors (Lipinski definition) is 0. The second-order valence-electron chi connectivity index (χ2n) is 10.7. The quantitative estimate of drug-likeness (QED) is 0.172. The number of nitrogens with zero attached hydrogens (tertiary/aromatic N) is 1. The minimum absolute atomic E-state index is 0.0305. The second kappa shape index (κ2) is 11.7. The fourth-order valence-corrected chi connectivity index (χ4v) is 5.65. The summed E-state index contributed by atoms with van der Waals surface area (Å²) >= 11 is 0. The van der Waals surface area contributed by atoms with Crippen LogP contribution in [0.15, 0.2) is 77.6 Å². The lowest BCUT2D eigenvalue weighted by Crippen LogP contribution is -2.25. The highest BCUT2D eigenvalue weighted by atomic mass is 19.3. The first-order valence-corrected chi connectivity index (χ1v) is 13.5. The Morgan fingerprint density at radius 2 is 1.66 bits per heavy atom. The molecule has 0 amide bonds. The van der Waals surface area contributed by atoms with Gasteiger partial charge in [0.1, 0.15) is 52.9 Å². The van der Waals surface area contributed by atoms with E-state index in [1.165, 1.54) is 12.1 Å². The lowest BCUT2D eigenvalue weighted by Gasteiger charge is -2.24. The predicted octanol–water partition coefficient (Wildman–Crippen LogP) is 10.1. The molecule has 1 fully saturated rings. The SMILES string of the molecule is C=C(/C(F)=C\C(=C/C)[C@@]12CCC(C=N1)C2)c1ccc(-c2cc(F)c(C(F)(F)Oc3cc(F)c(CF)c(F)c3)c(F)c2)c(F)c1. The molecule has 11 heteroatoms. The van der Waals surface area contributed by atoms with Crippen molar-refractivity contribution < 1.29 is 44.3 Å². The molecule has 2 bridgehead atoms. The van der Waals surface area contributed by atoms with E-state index in [0.717, 1.165) is 31.4 Å². The van der Waals surface area contributed by atoms with Gasteiger partial charge in [-0.05, 0) is 73.1 Å². The van der Waals surface area contributed by atoms with Gasteiger partial charge in [0.05, 0.1) is 11.1 Å². The number of alkyl halides is 3. The average molecular weight is 622 g/mol. The molecule has 0 aromatic heterocycles. The van der Waals surface area contributed by atoms with Gasteiger partial charge in [-0.25, -0.2) is 30.7 Å². The van der Waals surface area contributed by atoms with Crippen LogP contribution in [0.4, 0.5) is 39.5 Å². The van der Waals surface area contributed by atoms with Crippen LogP contribution in [0, 0.1) is 35.0 Å². The molecule has 1 aliphatic heterocycles. The summed E-state index contributed by atoms with van der Waals surface area (Å²) in [6, 6.07) is 4.56. The van der Waals surface area contributed by atoms with E-state index in [2.05, 4.69) is 16.3 Å². The van der Waals surface area contributed by atoms with Gasteiger partial charge >= 0.3 is 6.11 Å². The van der Waals surface area contributed by atoms with E-state index < -0.39 is 81.2 Å². The number of hydrogen-bond acceptors (Lipinski definition) is 2. The minimum atomic E-state index is -4.78. The highest BCUT2D eigenvalue weighted by molar-refractivity contribution is 5.78. The minimum Gasteiger partial charge on any atom is -0.429 e. The first-order valence-electron chi connectivity index (χ1n) is 13.5. The summed E-state index contributed by atoms with van der Waals surface area (Å²) < 4.78 is 134. The van der Waals surface area contributed by atoms with Crippen molar-refractivity contribution in [3.8, 4) is 16.9 Å². The number of benzene rings is 3. The summed E-state index contributed by atoms with van der Waals surface area (Å²) in [5.74, 6) is -9.36. The monoisotopic (exact) mass is 621 g/mol. The van der Waals surface area contributed by atoms with Crippen molar-refractivity contribution in [2.75, 3.05) is 0 Å². The predicted molar refractivity (Wildman–Crippen MR) is 148 cm³/mol. The Labute approximate surface area is 246 Å². The Kier molecular flexibility index (Phi) is 8.26. The third-order valence-corrected chi connectivity index (χ3v) is 7.94. The maximum absolute atomic E-state index is 15.3. The van der Waals surface area contributed by atoms with Crippen LogP contribution in [0.25, 0.3) is 16.7 Å². The molecule has 5 rings (SSSR count). The van der Waals surface area contributed by atoms with Gasteiger partial charge in [0, 0.05) is 29.5 Å². The summed E-state index contributed by atoms with van der Waals surface area (Å²) in [6.07, 6.45) is 2.69. The van der Waals surface area contributed by atoms with Crippen molar-refractivity contribution in [3.63, 3.8) is 0 Å². The van der Waals surface area contributed by atoms with Crippen molar-refractivity contribution >= 4 is 11.8 Å². The number of fused-ring (bicyclic) bond motifs is 2. The van der Waals surface area contributed by atoms with Gasteiger partial charge in [-0.15, -0.1) is 0 Å². The van der Waals surface area contributed by atoms with Crippen LogP contribution in [-0.2, 0) is 12.8 Å². The molecule has 2 nitrogen and oxygen atoms in total. The molecule has 1 heterocycles. The first-order chi connectivity index (χ1) is 20.8. The number of halogens is 9. The number of rotatable bonds is 9. The molecular formula is C33H24F9NO. The molecule has 0 saturated heterocycles. The standard InChI is InChI=1S/C33H24F9NO/c1-3-21(32-7-6-18(14-32)16-43-32)11-25(35)17(2)19-4-5-23(26(36)8-19)20-9-29(39)31(30(40)10-20)33(41,42)44-22-12-27(37)24(15-34)28(38)13-22/h3-5,8-13,16,18H,2,6-7,14-15H2,1H3/b21-3+,25-11+/t18?,32-/m0/s1. The zero-order chi connectivity index (χ0) is 32.0. The van der Waals surface area contributed by atoms with Crippen molar-refractivity contribution in [2.24, 2.45) is 10.9 Å². The smallest absolute Gasteiger partial charge is 0.429 e. The van der Waals surface area contributed by atoms with Crippen molar-refractivity contribution in [2.45, 2.75) is 44.5 Å². The van der Waals surface area contributed by atoms with Gasteiger partial charge < -0.3 is 4.74 Å². The Morgan fingerprint density at radius 3 is 2.16 bits per heavy atom. The normalized spacial score (nSPS) is 20.0. The second-order valence-corrected chi connectivity index (χ2v) is 10.7. The van der Waals surface area contributed by atoms with Crippen molar-refractivity contribution in [1.82, 2.24) is 0 Å². The van der Waals surface area contributed by atoms with Crippen molar-refractivity contribution in [1.29, 1.82) is 0 Å². The van der Waals surface area contributed by atoms with E-state index in [1.807, 2.05) is 6.21 Å². The Morgan fingerprint density at radius 1 is 1.00 bits per heavy atom. The molecule has 1 unspecified atom stereocenters. The summed E-state index contributed by atoms with van der Waals surface area (Å²) in [5.41, 5.74) is -3.76. The van der Waals surface area contributed by atoms with Gasteiger partial charge in [-0.1, -0.05) is 24.8 Å². The number of allylic oxidation sites excluding steroid dienone is 3. The largest absolute Gasteiger partial charge is 0.432 e. The summed E-state index contributed by atoms with van der Waals surface area (Å²) in [7, 11) is 0. The fraction of sp³-hybridized carbons (Fsp3) is 0.242. The van der Waals surface area contributed by atoms with Crippen LogP contribution in [0.1, 0.15) is 42.9 Å². The van der Waals surface area contributed by atoms with Gasteiger partial charge in [-0.3, -0.25) is 4.99 Å². The molecule has 0 N–H and O–H groups in total. The lowest BCUT2D eigenvalue weighted by molar-refractivity contribution is -0.189. The van der Waals surface area contributed by atoms with E-state index >= 15 is 8.78 Å². The van der Waals surface area contributed by atoms with Crippen LogP contribution in [0.2, 0.25) is 0 Å². The maximum Gasteiger partial charge on any atom is 0.432 e. The van der Waals surface area contributed by atoms with Gasteiger partial charge in [0.25, 0.3) is 0 Å². The van der Waals surface area contributed by atoms with E-state index in [1.54, 1.807) is 13.0 Å². The molecule has 1 aliphatic carbocycles.